The van der Waals surface area contributed by atoms with Gasteiger partial charge in [0.25, 0.3) is 0 Å². The standard InChI is InChI=1S/2C9H16N2.4C8H14N2.3C8H12S.4C7H12N2.C7H10S.C6H10N2/c1-6(2)9-10-7(3)8(4)11(9)5;1-6(2)11-8(4)7(3)10-9(11)5;1-6(2)10-5-9-7(3)8(10)4;1-6(2)8-9-7(3)5-10(8)4;1-6(2)8-9-5-7(3)10(8)4;1-5(2)8-9-6(3)7(4)10-8;1-6(2)8-4-7(3)5-9-8;1-6(2)8-7(3)4-5-9-8;1-6(2)8-5-4-7(3)9-8;1-6(2)9-4-7(3)8-5-9;1-6(2)9-5-8-4-7(9)3;1-6(2)7-8-4-5-9(7)3;1-6(2)9-5-4-8-7(9)3;1-6(2)7-4-3-5-8-7;1-6(2)8-4-3-7-5-8/h2*6H,1-5H3;3*5-6H,1-4H3;5H,1-4H3,(H,9,10);7*4-6H,1-3H3;2*3-6H,1-2H3. The first-order valence-electron chi connectivity index (χ1n) is 50.8. The fourth-order valence-corrected chi connectivity index (χ4v) is 17.6. The molecule has 15 rings (SSSR count). The summed E-state index contributed by atoms with van der Waals surface area (Å²) in [5.41, 5.74) is 17.0. The Morgan fingerprint density at radius 1 is 0.333 bits per heavy atom. The number of thiophene rings is 4. The van der Waals surface area contributed by atoms with E-state index in [1.807, 2.05) is 180 Å². The number of nitrogens with zero attached hydrogens (tertiary/aromatic N) is 21. The van der Waals surface area contributed by atoms with Crippen LogP contribution in [-0.4, -0.2) is 105 Å². The normalized spacial score (nSPS) is 10.8. The van der Waals surface area contributed by atoms with Crippen molar-refractivity contribution >= 4 is 45.3 Å². The van der Waals surface area contributed by atoms with E-state index >= 15 is 0 Å². The topological polar surface area (TPSA) is 207 Å². The Morgan fingerprint density at radius 3 is 1.11 bits per heavy atom. The fourth-order valence-electron chi connectivity index (χ4n) is 14.1. The van der Waals surface area contributed by atoms with Crippen molar-refractivity contribution in [2.24, 2.45) is 28.2 Å². The highest BCUT2D eigenvalue weighted by Crippen LogP contribution is 2.28. The Kier molecular flexibility index (Phi) is 59.9. The average Bonchev–Trinajstić information content (AvgIpc) is 1.70. The number of hydrogen-bond acceptors (Lipinski definition) is 15. The van der Waals surface area contributed by atoms with E-state index in [1.54, 1.807) is 6.20 Å². The van der Waals surface area contributed by atoms with Crippen molar-refractivity contribution in [2.45, 2.75) is 415 Å². The van der Waals surface area contributed by atoms with E-state index in [0.717, 1.165) is 69.1 Å². The van der Waals surface area contributed by atoms with Gasteiger partial charge in [0.2, 0.25) is 0 Å². The molecule has 26 heteroatoms. The lowest BCUT2D eigenvalue weighted by Crippen LogP contribution is -2.04. The maximum Gasteiger partial charge on any atom is 0.111 e. The van der Waals surface area contributed by atoms with E-state index in [4.69, 9.17) is 0 Å². The highest BCUT2D eigenvalue weighted by molar-refractivity contribution is 7.12. The number of nitrogens with one attached hydrogen (secondary N) is 1. The van der Waals surface area contributed by atoms with Crippen LogP contribution in [0.3, 0.4) is 0 Å². The van der Waals surface area contributed by atoms with E-state index in [9.17, 15) is 0 Å². The van der Waals surface area contributed by atoms with Crippen LogP contribution in [-0.2, 0) is 28.2 Å². The summed E-state index contributed by atoms with van der Waals surface area (Å²) in [5.74, 6) is 13.4. The molecule has 15 aromatic rings. The largest absolute Gasteiger partial charge is 0.346 e. The summed E-state index contributed by atoms with van der Waals surface area (Å²) in [4.78, 5) is 57.0. The molecule has 0 unspecified atom stereocenters. The zero-order valence-corrected chi connectivity index (χ0v) is 101. The highest BCUT2D eigenvalue weighted by atomic mass is 32.1. The third-order valence-corrected chi connectivity index (χ3v) is 28.1. The van der Waals surface area contributed by atoms with Crippen LogP contribution in [0.4, 0.5) is 0 Å². The van der Waals surface area contributed by atoms with Gasteiger partial charge in [0, 0.05) is 215 Å². The number of aryl methyl sites for hydroxylation is 16. The second-order valence-corrected chi connectivity index (χ2v) is 45.0. The number of hydrogen-bond donors (Lipinski definition) is 1. The van der Waals surface area contributed by atoms with Crippen LogP contribution in [0.25, 0.3) is 0 Å². The molecule has 22 nitrogen and oxygen atoms in total. The van der Waals surface area contributed by atoms with Crippen molar-refractivity contribution in [3.63, 3.8) is 0 Å². The van der Waals surface area contributed by atoms with Gasteiger partial charge in [-0.25, -0.2) is 54.8 Å². The predicted molar refractivity (Wildman–Crippen MR) is 612 cm³/mol. The molecule has 0 fully saturated rings. The maximum atomic E-state index is 4.47. The van der Waals surface area contributed by atoms with Crippen LogP contribution in [0.2, 0.25) is 0 Å². The predicted octanol–water partition coefficient (Wildman–Crippen LogP) is 33.2. The summed E-state index contributed by atoms with van der Waals surface area (Å²) in [7, 11) is 8.18. The van der Waals surface area contributed by atoms with Crippen molar-refractivity contribution in [3.8, 4) is 0 Å². The van der Waals surface area contributed by atoms with Gasteiger partial charge in [0.15, 0.2) is 0 Å². The second-order valence-electron chi connectivity index (χ2n) is 40.8. The van der Waals surface area contributed by atoms with Crippen LogP contribution in [0, 0.1) is 118 Å². The molecule has 0 bridgehead atoms. The molecule has 0 spiro atoms. The molecule has 0 aliphatic heterocycles. The number of aromatic amines is 1. The van der Waals surface area contributed by atoms with Gasteiger partial charge < -0.3 is 50.7 Å². The maximum absolute atomic E-state index is 4.47. The quantitative estimate of drug-likeness (QED) is 0.102. The van der Waals surface area contributed by atoms with Crippen LogP contribution in [0.1, 0.15) is 442 Å². The van der Waals surface area contributed by atoms with Gasteiger partial charge in [-0.05, 0) is 282 Å². The summed E-state index contributed by atoms with van der Waals surface area (Å²) >= 11 is 7.44. The molecule has 0 radical (unpaired) electrons. The van der Waals surface area contributed by atoms with Crippen LogP contribution in [0.15, 0.2) is 140 Å². The molecule has 0 aliphatic carbocycles. The van der Waals surface area contributed by atoms with Crippen LogP contribution in [0.5, 0.6) is 0 Å². The second kappa shape index (κ2) is 65.4. The summed E-state index contributed by atoms with van der Waals surface area (Å²) in [6.07, 6.45) is 26.7. The first-order valence-corrected chi connectivity index (χ1v) is 54.2. The van der Waals surface area contributed by atoms with E-state index in [1.165, 1.54) is 75.5 Å². The minimum atomic E-state index is 0.507. The molecule has 15 heterocycles. The molecule has 1 N–H and O–H groups in total. The van der Waals surface area contributed by atoms with Gasteiger partial charge >= 0.3 is 0 Å². The lowest BCUT2D eigenvalue weighted by Gasteiger charge is -2.11. The third kappa shape index (κ3) is 47.0. The fraction of sp³-hybridized carbons (Fsp3) is 0.574. The van der Waals surface area contributed by atoms with Gasteiger partial charge in [-0.2, -0.15) is 0 Å². The molecule has 0 amide bonds. The monoisotopic (exact) mass is 2010 g/mol. The van der Waals surface area contributed by atoms with E-state index in [2.05, 4.69) is 458 Å². The first kappa shape index (κ1) is 129. The lowest BCUT2D eigenvalue weighted by atomic mass is 10.1. The van der Waals surface area contributed by atoms with Gasteiger partial charge in [0.05, 0.1) is 59.5 Å². The number of aromatic nitrogens is 22. The number of rotatable bonds is 15. The minimum Gasteiger partial charge on any atom is -0.346 e. The van der Waals surface area contributed by atoms with E-state index < -0.39 is 0 Å². The summed E-state index contributed by atoms with van der Waals surface area (Å²) < 4.78 is 21.3. The van der Waals surface area contributed by atoms with Crippen molar-refractivity contribution in [1.82, 2.24) is 105 Å². The Bertz CT molecular complexity index is 5350. The molecule has 15 aromatic heterocycles. The molecule has 786 valence electrons. The SMILES string of the molecule is CC(C)c1cccs1.CC(C)c1nccn1C.CC(C)n1ccnc1.Cc1ccc(C(C)C)s1.Cc1ccsc1C(C)C.Cc1cn(C(C)C)cn1.Cc1cn(C)c(C(C)C)n1.Cc1cnc(C(C)C)n1C.Cc1cncn1C(C)C.Cc1csc(C(C)C)c1.Cc1nc(C(C)C)[nH]c1C.Cc1nc(C(C)C)n(C)c1C.Cc1nc(C)n(C(C)C)c1C.Cc1nccn1C(C)C.Cc1ncn(C(C)C)c1C. The van der Waals surface area contributed by atoms with Gasteiger partial charge in [0.1, 0.15) is 40.8 Å². The zero-order chi connectivity index (χ0) is 108. The summed E-state index contributed by atoms with van der Waals surface area (Å²) in [5, 5.41) is 6.48. The molecule has 0 saturated heterocycles. The number of H-pyrrole nitrogens is 1. The zero-order valence-electron chi connectivity index (χ0n) is 97.5. The Morgan fingerprint density at radius 2 is 0.901 bits per heavy atom. The third-order valence-electron chi connectivity index (χ3n) is 23.0. The molecular weight excluding hydrogens is 1820 g/mol. The highest BCUT2D eigenvalue weighted by Gasteiger charge is 2.15. The summed E-state index contributed by atoms with van der Waals surface area (Å²) in [6.45, 7) is 100. The van der Waals surface area contributed by atoms with Crippen molar-refractivity contribution in [2.75, 3.05) is 0 Å². The first-order chi connectivity index (χ1) is 65.6. The van der Waals surface area contributed by atoms with Crippen LogP contribution >= 0.6 is 45.3 Å². The summed E-state index contributed by atoms with van der Waals surface area (Å²) in [6, 6.07) is 16.3. The minimum absolute atomic E-state index is 0.507. The van der Waals surface area contributed by atoms with Crippen molar-refractivity contribution < 1.29 is 0 Å². The lowest BCUT2D eigenvalue weighted by molar-refractivity contribution is 0.569. The molecular formula is C115H192N22S4. The molecule has 0 aliphatic rings. The smallest absolute Gasteiger partial charge is 0.111 e. The average molecular weight is 2010 g/mol. The molecule has 141 heavy (non-hydrogen) atoms. The van der Waals surface area contributed by atoms with Crippen molar-refractivity contribution in [1.29, 1.82) is 0 Å². The Labute approximate surface area is 872 Å². The Balaban J connectivity index is 0.000000756. The van der Waals surface area contributed by atoms with E-state index in [0.29, 0.717) is 89.5 Å². The van der Waals surface area contributed by atoms with E-state index in [-0.39, 0.29) is 0 Å². The molecule has 0 aromatic carbocycles. The molecule has 0 atom stereocenters. The molecule has 0 saturated carbocycles. The van der Waals surface area contributed by atoms with Crippen molar-refractivity contribution in [3.05, 3.63) is 284 Å². The van der Waals surface area contributed by atoms with Gasteiger partial charge in [-0.3, -0.25) is 0 Å². The van der Waals surface area contributed by atoms with Crippen LogP contribution < -0.4 is 0 Å². The van der Waals surface area contributed by atoms with Gasteiger partial charge in [-0.1, -0.05) is 131 Å². The van der Waals surface area contributed by atoms with Gasteiger partial charge in [-0.15, -0.1) is 45.3 Å². The number of imidazole rings is 11. The Hall–Kier alpha value is -9.89.